The molecular formula is C31H60Cl2SiZr. The molecule has 4 aliphatic carbocycles. The van der Waals surface area contributed by atoms with Gasteiger partial charge in [0.15, 0.2) is 0 Å². The van der Waals surface area contributed by atoms with Crippen molar-refractivity contribution in [2.24, 2.45) is 47.3 Å². The van der Waals surface area contributed by atoms with E-state index >= 15 is 0 Å². The van der Waals surface area contributed by atoms with Gasteiger partial charge >= 0.3 is 37.9 Å². The van der Waals surface area contributed by atoms with Gasteiger partial charge in [0.05, 0.1) is 8.07 Å². The van der Waals surface area contributed by atoms with Gasteiger partial charge in [-0.1, -0.05) is 92.2 Å². The van der Waals surface area contributed by atoms with Crippen LogP contribution in [-0.4, -0.2) is 8.07 Å². The minimum absolute atomic E-state index is 0. The Bertz CT molecular complexity index is 582. The summed E-state index contributed by atoms with van der Waals surface area (Å²) in [5.74, 6) is 8.41. The molecule has 0 bridgehead atoms. The van der Waals surface area contributed by atoms with Crippen molar-refractivity contribution in [3.05, 3.63) is 14.9 Å². The fraction of sp³-hybridized carbons (Fsp3) is 0.935. The Balaban J connectivity index is 0.00000117. The third-order valence-corrected chi connectivity index (χ3v) is 16.3. The first-order valence-electron chi connectivity index (χ1n) is 14.7. The van der Waals surface area contributed by atoms with Gasteiger partial charge in [-0.25, -0.2) is 0 Å². The van der Waals surface area contributed by atoms with Crippen molar-refractivity contribution < 1.29 is 20.8 Å². The second-order valence-electron chi connectivity index (χ2n) is 13.9. The van der Waals surface area contributed by atoms with Crippen LogP contribution in [0, 0.1) is 62.2 Å². The molecule has 4 saturated carbocycles. The zero-order valence-electron chi connectivity index (χ0n) is 24.7. The first kappa shape index (κ1) is 34.7. The molecule has 0 heterocycles. The Hall–Kier alpha value is 1.68. The Morgan fingerprint density at radius 1 is 0.743 bits per heavy atom. The molecule has 0 N–H and O–H groups in total. The fourth-order valence-electron chi connectivity index (χ4n) is 9.60. The van der Waals surface area contributed by atoms with Crippen LogP contribution in [-0.2, 0) is 20.8 Å². The number of rotatable bonds is 7. The van der Waals surface area contributed by atoms with Gasteiger partial charge in [0.2, 0.25) is 0 Å². The molecule has 0 aromatic rings. The minimum atomic E-state index is -1.22. The predicted octanol–water partition coefficient (Wildman–Crippen LogP) is 11.8. The molecule has 0 radical (unpaired) electrons. The van der Waals surface area contributed by atoms with Crippen LogP contribution in [0.1, 0.15) is 111 Å². The van der Waals surface area contributed by atoms with Crippen LogP contribution in [0.15, 0.2) is 0 Å². The summed E-state index contributed by atoms with van der Waals surface area (Å²) in [6.07, 6.45) is 20.2. The molecule has 0 aromatic heterocycles. The monoisotopic (exact) mass is 620 g/mol. The van der Waals surface area contributed by atoms with Crippen molar-refractivity contribution in [1.29, 1.82) is 0 Å². The quantitative estimate of drug-likeness (QED) is 0.196. The van der Waals surface area contributed by atoms with E-state index in [4.69, 9.17) is 17.0 Å². The number of hydrogen-bond acceptors (Lipinski definition) is 0. The van der Waals surface area contributed by atoms with Crippen LogP contribution < -0.4 is 0 Å². The summed E-state index contributed by atoms with van der Waals surface area (Å²) in [6, 6.07) is 0. The molecule has 4 heteroatoms. The van der Waals surface area contributed by atoms with Gasteiger partial charge < -0.3 is 14.9 Å². The van der Waals surface area contributed by atoms with Gasteiger partial charge in [0.1, 0.15) is 0 Å². The summed E-state index contributed by atoms with van der Waals surface area (Å²) in [4.78, 5) is 0. The Morgan fingerprint density at radius 3 is 1.74 bits per heavy atom. The van der Waals surface area contributed by atoms with Crippen molar-refractivity contribution in [3.63, 3.8) is 0 Å². The van der Waals surface area contributed by atoms with Gasteiger partial charge in [-0.05, 0) is 90.5 Å². The maximum atomic E-state index is 4.93. The van der Waals surface area contributed by atoms with E-state index in [1.807, 2.05) is 0 Å². The third-order valence-electron chi connectivity index (χ3n) is 11.2. The summed E-state index contributed by atoms with van der Waals surface area (Å²) in [5, 5.41) is 0. The van der Waals surface area contributed by atoms with Gasteiger partial charge in [-0.3, -0.25) is 0 Å². The van der Waals surface area contributed by atoms with E-state index in [1.54, 1.807) is 57.8 Å². The summed E-state index contributed by atoms with van der Waals surface area (Å²) >= 11 is -0.826. The van der Waals surface area contributed by atoms with Gasteiger partial charge in [0, 0.05) is 0 Å². The third kappa shape index (κ3) is 8.58. The molecule has 0 nitrogen and oxygen atoms in total. The van der Waals surface area contributed by atoms with E-state index in [1.165, 1.54) is 25.7 Å². The number of hydrogen-bond donors (Lipinski definition) is 0. The van der Waals surface area contributed by atoms with Crippen LogP contribution in [0.2, 0.25) is 24.2 Å². The van der Waals surface area contributed by atoms with Crippen LogP contribution in [0.5, 0.6) is 0 Å². The van der Waals surface area contributed by atoms with Crippen molar-refractivity contribution >= 4 is 25.1 Å². The fourth-order valence-corrected chi connectivity index (χ4v) is 15.1. The maximum absolute atomic E-state index is 4.93. The van der Waals surface area contributed by atoms with E-state index in [-0.39, 0.29) is 14.9 Å². The van der Waals surface area contributed by atoms with E-state index < -0.39 is 28.9 Å². The van der Waals surface area contributed by atoms with Gasteiger partial charge in [-0.15, -0.1) is 0 Å². The molecule has 206 valence electrons. The summed E-state index contributed by atoms with van der Waals surface area (Å²) in [5.41, 5.74) is 2.31. The standard InChI is InChI=1S/C29H54Si.2CH3.2ClH.Zr/c1-20(2)15-16-21(3)17-23-19-29(27-14-10-8-12-25(23)27)30(5,6)28-18-22(4)24-11-7-9-13-26(24)28;;;;;/h20-29H,7-19H2,1-6H3;2*1H3;2*1H;/q;2*-1;;;+4/p-2. The molecule has 0 aromatic carbocycles. The molecule has 0 spiro atoms. The van der Waals surface area contributed by atoms with Crippen LogP contribution in [0.3, 0.4) is 0 Å². The Morgan fingerprint density at radius 2 is 1.20 bits per heavy atom. The van der Waals surface area contributed by atoms with E-state index in [0.29, 0.717) is 0 Å². The van der Waals surface area contributed by atoms with Crippen LogP contribution in [0.4, 0.5) is 0 Å². The van der Waals surface area contributed by atoms with Crippen molar-refractivity contribution in [2.75, 3.05) is 0 Å². The van der Waals surface area contributed by atoms with Gasteiger partial charge in [-0.2, -0.15) is 0 Å². The predicted molar refractivity (Wildman–Crippen MR) is 160 cm³/mol. The number of halogens is 2. The summed E-state index contributed by atoms with van der Waals surface area (Å²) in [6.45, 7) is 15.8. The molecule has 4 fully saturated rings. The summed E-state index contributed by atoms with van der Waals surface area (Å²) in [7, 11) is 8.64. The topological polar surface area (TPSA) is 0 Å². The second-order valence-corrected chi connectivity index (χ2v) is 22.7. The van der Waals surface area contributed by atoms with Crippen LogP contribution >= 0.6 is 17.0 Å². The van der Waals surface area contributed by atoms with E-state index in [2.05, 4.69) is 40.8 Å². The summed E-state index contributed by atoms with van der Waals surface area (Å²) < 4.78 is 0. The molecule has 9 atom stereocenters. The first-order valence-corrected chi connectivity index (χ1v) is 24.1. The Labute approximate surface area is 241 Å². The van der Waals surface area contributed by atoms with Crippen LogP contribution in [0.25, 0.3) is 0 Å². The van der Waals surface area contributed by atoms with Crippen molar-refractivity contribution in [3.8, 4) is 0 Å². The molecule has 9 unspecified atom stereocenters. The zero-order valence-corrected chi connectivity index (χ0v) is 29.7. The molecule has 35 heavy (non-hydrogen) atoms. The normalized spacial score (nSPS) is 37.1. The second kappa shape index (κ2) is 16.1. The zero-order chi connectivity index (χ0) is 24.2. The molecule has 0 amide bonds. The molecule has 0 aliphatic heterocycles. The Kier molecular flexibility index (Phi) is 15.9. The molecule has 0 saturated heterocycles. The molecular weight excluding hydrogens is 563 g/mol. The number of fused-ring (bicyclic) bond motifs is 2. The molecule has 4 aliphatic rings. The SMILES string of the molecule is CC(C)CCC(C)CC1CC([Si](C)(C)C2CC(C)C3CCCCC32)C2CCCCC12.[CH3-].[CH3-].[Cl][Zr+2][Cl]. The average Bonchev–Trinajstić information content (AvgIpc) is 3.32. The van der Waals surface area contributed by atoms with Gasteiger partial charge in [0.25, 0.3) is 0 Å². The van der Waals surface area contributed by atoms with E-state index in [9.17, 15) is 0 Å². The average molecular weight is 623 g/mol. The van der Waals surface area contributed by atoms with Crippen molar-refractivity contribution in [2.45, 2.75) is 135 Å². The molecule has 4 rings (SSSR count). The van der Waals surface area contributed by atoms with Crippen molar-refractivity contribution in [1.82, 2.24) is 0 Å². The first-order chi connectivity index (χ1) is 15.7. The van der Waals surface area contributed by atoms with E-state index in [0.717, 1.165) is 58.4 Å².